The molecule has 2 rings (SSSR count). The minimum atomic E-state index is -0.800. The van der Waals surface area contributed by atoms with Gasteiger partial charge in [0.1, 0.15) is 4.88 Å². The average Bonchev–Trinajstić information content (AvgIpc) is 2.95. The fourth-order valence-corrected chi connectivity index (χ4v) is 3.77. The highest BCUT2D eigenvalue weighted by Gasteiger charge is 2.41. The van der Waals surface area contributed by atoms with E-state index in [9.17, 15) is 14.7 Å². The number of carboxylic acids is 1. The summed E-state index contributed by atoms with van der Waals surface area (Å²) in [7, 11) is 0. The van der Waals surface area contributed by atoms with Gasteiger partial charge in [0.15, 0.2) is 0 Å². The number of halogens is 1. The number of carboxylic acid groups (broad SMARTS) is 1. The van der Waals surface area contributed by atoms with Crippen molar-refractivity contribution in [3.8, 4) is 0 Å². The molecule has 0 unspecified atom stereocenters. The predicted octanol–water partition coefficient (Wildman–Crippen LogP) is 2.89. The summed E-state index contributed by atoms with van der Waals surface area (Å²) in [5, 5.41) is 13.9. The third-order valence-electron chi connectivity index (χ3n) is 3.43. The quantitative estimate of drug-likeness (QED) is 0.891. The molecule has 1 saturated carbocycles. The zero-order valence-corrected chi connectivity index (χ0v) is 12.1. The van der Waals surface area contributed by atoms with Crippen molar-refractivity contribution in [2.75, 3.05) is 6.54 Å². The van der Waals surface area contributed by atoms with Gasteiger partial charge in [0, 0.05) is 11.0 Å². The van der Waals surface area contributed by atoms with Crippen molar-refractivity contribution < 1.29 is 14.7 Å². The first kappa shape index (κ1) is 13.5. The predicted molar refractivity (Wildman–Crippen MR) is 72.9 cm³/mol. The minimum Gasteiger partial charge on any atom is -0.481 e. The van der Waals surface area contributed by atoms with E-state index in [-0.39, 0.29) is 12.5 Å². The Kier molecular flexibility index (Phi) is 4.07. The highest BCUT2D eigenvalue weighted by Crippen LogP contribution is 2.37. The number of hydrogen-bond donors (Lipinski definition) is 2. The lowest BCUT2D eigenvalue weighted by atomic mass is 9.86. The van der Waals surface area contributed by atoms with Crippen LogP contribution in [0.1, 0.15) is 35.4 Å². The SMILES string of the molecule is O=C(NCC1(C(=O)O)CCCC1)c1sccc1Br. The summed E-state index contributed by atoms with van der Waals surface area (Å²) in [6.07, 6.45) is 3.14. The molecule has 1 aromatic rings. The molecule has 0 saturated heterocycles. The Morgan fingerprint density at radius 1 is 1.44 bits per heavy atom. The van der Waals surface area contributed by atoms with Crippen molar-refractivity contribution in [3.05, 3.63) is 20.8 Å². The summed E-state index contributed by atoms with van der Waals surface area (Å²) in [6, 6.07) is 1.81. The third kappa shape index (κ3) is 2.59. The zero-order valence-electron chi connectivity index (χ0n) is 9.74. The number of carbonyl (C=O) groups excluding carboxylic acids is 1. The van der Waals surface area contributed by atoms with E-state index in [0.29, 0.717) is 17.7 Å². The fourth-order valence-electron chi connectivity index (χ4n) is 2.30. The normalized spacial score (nSPS) is 17.6. The van der Waals surface area contributed by atoms with Crippen LogP contribution in [0.2, 0.25) is 0 Å². The number of carbonyl (C=O) groups is 2. The largest absolute Gasteiger partial charge is 0.481 e. The Hall–Kier alpha value is -0.880. The Morgan fingerprint density at radius 2 is 2.11 bits per heavy atom. The molecule has 1 aliphatic carbocycles. The molecule has 0 radical (unpaired) electrons. The maximum absolute atomic E-state index is 11.9. The van der Waals surface area contributed by atoms with Crippen LogP contribution in [0.5, 0.6) is 0 Å². The number of thiophene rings is 1. The van der Waals surface area contributed by atoms with E-state index in [2.05, 4.69) is 21.2 Å². The van der Waals surface area contributed by atoms with Gasteiger partial charge in [-0.1, -0.05) is 12.8 Å². The van der Waals surface area contributed by atoms with E-state index in [1.807, 2.05) is 11.4 Å². The molecule has 4 nitrogen and oxygen atoms in total. The zero-order chi connectivity index (χ0) is 13.2. The van der Waals surface area contributed by atoms with E-state index >= 15 is 0 Å². The van der Waals surface area contributed by atoms with Crippen molar-refractivity contribution in [3.63, 3.8) is 0 Å². The number of hydrogen-bond acceptors (Lipinski definition) is 3. The average molecular weight is 332 g/mol. The summed E-state index contributed by atoms with van der Waals surface area (Å²) in [4.78, 5) is 23.8. The number of rotatable bonds is 4. The molecule has 1 amide bonds. The van der Waals surface area contributed by atoms with Crippen molar-refractivity contribution in [2.24, 2.45) is 5.41 Å². The second kappa shape index (κ2) is 5.40. The molecule has 0 bridgehead atoms. The summed E-state index contributed by atoms with van der Waals surface area (Å²) >= 11 is 4.64. The van der Waals surface area contributed by atoms with Gasteiger partial charge in [0.25, 0.3) is 5.91 Å². The second-order valence-corrected chi connectivity index (χ2v) is 6.34. The molecule has 2 N–H and O–H groups in total. The third-order valence-corrected chi connectivity index (χ3v) is 5.26. The first-order valence-electron chi connectivity index (χ1n) is 5.80. The van der Waals surface area contributed by atoms with E-state index in [1.165, 1.54) is 11.3 Å². The maximum atomic E-state index is 11.9. The van der Waals surface area contributed by atoms with Gasteiger partial charge in [-0.25, -0.2) is 0 Å². The maximum Gasteiger partial charge on any atom is 0.311 e. The molecular formula is C12H14BrNO3S. The van der Waals surface area contributed by atoms with Gasteiger partial charge in [-0.05, 0) is 40.2 Å². The number of aliphatic carboxylic acids is 1. The van der Waals surface area contributed by atoms with E-state index in [1.54, 1.807) is 0 Å². The summed E-state index contributed by atoms with van der Waals surface area (Å²) in [6.45, 7) is 0.214. The van der Waals surface area contributed by atoms with Crippen LogP contribution in [-0.4, -0.2) is 23.5 Å². The van der Waals surface area contributed by atoms with Crippen LogP contribution < -0.4 is 5.32 Å². The molecule has 0 aliphatic heterocycles. The molecule has 1 aliphatic rings. The Balaban J connectivity index is 2.01. The highest BCUT2D eigenvalue weighted by atomic mass is 79.9. The standard InChI is InChI=1S/C12H14BrNO3S/c13-8-3-6-18-9(8)10(15)14-7-12(11(16)17)4-1-2-5-12/h3,6H,1-2,4-5,7H2,(H,14,15)(H,16,17). The lowest BCUT2D eigenvalue weighted by Gasteiger charge is -2.23. The topological polar surface area (TPSA) is 66.4 Å². The molecule has 1 fully saturated rings. The lowest BCUT2D eigenvalue weighted by molar-refractivity contribution is -0.148. The monoisotopic (exact) mass is 331 g/mol. The van der Waals surface area contributed by atoms with Gasteiger partial charge in [-0.15, -0.1) is 11.3 Å². The molecule has 0 atom stereocenters. The first-order valence-corrected chi connectivity index (χ1v) is 7.47. The molecule has 1 aromatic heterocycles. The van der Waals surface area contributed by atoms with Crippen LogP contribution in [0.15, 0.2) is 15.9 Å². The van der Waals surface area contributed by atoms with Crippen LogP contribution in [0, 0.1) is 5.41 Å². The summed E-state index contributed by atoms with van der Waals surface area (Å²) < 4.78 is 0.751. The second-order valence-electron chi connectivity index (χ2n) is 4.57. The van der Waals surface area contributed by atoms with Gasteiger partial charge in [0.2, 0.25) is 0 Å². The molecule has 6 heteroatoms. The molecule has 18 heavy (non-hydrogen) atoms. The van der Waals surface area contributed by atoms with Crippen LogP contribution in [0.4, 0.5) is 0 Å². The van der Waals surface area contributed by atoms with Crippen molar-refractivity contribution >= 4 is 39.1 Å². The van der Waals surface area contributed by atoms with Gasteiger partial charge >= 0.3 is 5.97 Å². The van der Waals surface area contributed by atoms with Gasteiger partial charge in [-0.3, -0.25) is 9.59 Å². The Bertz CT molecular complexity index is 466. The number of nitrogens with one attached hydrogen (secondary N) is 1. The Morgan fingerprint density at radius 3 is 2.61 bits per heavy atom. The molecule has 0 aromatic carbocycles. The minimum absolute atomic E-state index is 0.204. The van der Waals surface area contributed by atoms with Crippen LogP contribution in [0.25, 0.3) is 0 Å². The van der Waals surface area contributed by atoms with Crippen LogP contribution in [0.3, 0.4) is 0 Å². The molecular weight excluding hydrogens is 318 g/mol. The smallest absolute Gasteiger partial charge is 0.311 e. The lowest BCUT2D eigenvalue weighted by Crippen LogP contribution is -2.41. The van der Waals surface area contributed by atoms with E-state index in [4.69, 9.17) is 0 Å². The molecule has 0 spiro atoms. The molecule has 98 valence electrons. The van der Waals surface area contributed by atoms with Crippen LogP contribution in [-0.2, 0) is 4.79 Å². The summed E-state index contributed by atoms with van der Waals surface area (Å²) in [5.74, 6) is -1.00. The number of amides is 1. The van der Waals surface area contributed by atoms with Crippen molar-refractivity contribution in [2.45, 2.75) is 25.7 Å². The Labute approximate surface area is 118 Å². The van der Waals surface area contributed by atoms with Crippen molar-refractivity contribution in [1.29, 1.82) is 0 Å². The summed E-state index contributed by atoms with van der Waals surface area (Å²) in [5.41, 5.74) is -0.764. The van der Waals surface area contributed by atoms with Gasteiger partial charge in [-0.2, -0.15) is 0 Å². The van der Waals surface area contributed by atoms with Gasteiger partial charge < -0.3 is 10.4 Å². The van der Waals surface area contributed by atoms with E-state index in [0.717, 1.165) is 17.3 Å². The van der Waals surface area contributed by atoms with Gasteiger partial charge in [0.05, 0.1) is 5.41 Å². The van der Waals surface area contributed by atoms with E-state index < -0.39 is 11.4 Å². The fraction of sp³-hybridized carbons (Fsp3) is 0.500. The first-order chi connectivity index (χ1) is 8.55. The molecule has 1 heterocycles. The van der Waals surface area contributed by atoms with Crippen molar-refractivity contribution in [1.82, 2.24) is 5.32 Å². The van der Waals surface area contributed by atoms with Crippen LogP contribution >= 0.6 is 27.3 Å². The highest BCUT2D eigenvalue weighted by molar-refractivity contribution is 9.10.